The Kier molecular flexibility index (Phi) is 8.48. The average Bonchev–Trinajstić information content (AvgIpc) is 1.69. The van der Waals surface area contributed by atoms with E-state index in [2.05, 4.69) is 12.5 Å². The first-order valence-electron chi connectivity index (χ1n) is 1.97. The molecule has 0 unspecified atom stereocenters. The van der Waals surface area contributed by atoms with Crippen LogP contribution in [-0.4, -0.2) is 36.8 Å². The van der Waals surface area contributed by atoms with Gasteiger partial charge in [-0.1, -0.05) is 0 Å². The fourth-order valence-electron chi connectivity index (χ4n) is 0.201. The van der Waals surface area contributed by atoms with Crippen molar-refractivity contribution in [3.63, 3.8) is 0 Å². The summed E-state index contributed by atoms with van der Waals surface area (Å²) in [6.07, 6.45) is 4.34. The molecular weight excluding hydrogens is 191 g/mol. The van der Waals surface area contributed by atoms with Crippen LogP contribution in [0.1, 0.15) is 0 Å². The van der Waals surface area contributed by atoms with Gasteiger partial charge >= 0.3 is 60.3 Å². The summed E-state index contributed by atoms with van der Waals surface area (Å²) >= 11 is 4.81. The summed E-state index contributed by atoms with van der Waals surface area (Å²) in [4.78, 5) is 0. The molecule has 0 aliphatic rings. The Morgan fingerprint density at radius 2 is 1.57 bits per heavy atom. The first-order valence-corrected chi connectivity index (χ1v) is 7.18. The fraction of sp³-hybridized carbons (Fsp3) is 1.00. The van der Waals surface area contributed by atoms with Crippen LogP contribution in [0.15, 0.2) is 0 Å². The summed E-state index contributed by atoms with van der Waals surface area (Å²) in [6.45, 7) is 0. The Morgan fingerprint density at radius 1 is 1.14 bits per heavy atom. The van der Waals surface area contributed by atoms with Crippen molar-refractivity contribution in [3.8, 4) is 0 Å². The van der Waals surface area contributed by atoms with Crippen LogP contribution >= 0.6 is 23.5 Å². The van der Waals surface area contributed by atoms with Gasteiger partial charge < -0.3 is 0 Å². The summed E-state index contributed by atoms with van der Waals surface area (Å²) in [6, 6.07) is 0. The van der Waals surface area contributed by atoms with Gasteiger partial charge in [-0.05, 0) is 0 Å². The van der Waals surface area contributed by atoms with E-state index < -0.39 is 0 Å². The second-order valence-electron chi connectivity index (χ2n) is 1.02. The Labute approximate surface area is 60.4 Å². The van der Waals surface area contributed by atoms with Crippen LogP contribution < -0.4 is 0 Å². The maximum absolute atomic E-state index is 2.17. The molecule has 0 aliphatic heterocycles. The van der Waals surface area contributed by atoms with Gasteiger partial charge in [-0.15, -0.1) is 0 Å². The summed E-state index contributed by atoms with van der Waals surface area (Å²) in [5.41, 5.74) is 0. The predicted octanol–water partition coefficient (Wildman–Crippen LogP) is 1.33. The molecule has 0 atom stereocenters. The molecule has 0 aromatic carbocycles. The zero-order valence-electron chi connectivity index (χ0n) is 4.64. The molecule has 0 rings (SSSR count). The Bertz CT molecular complexity index is 28.9. The van der Waals surface area contributed by atoms with E-state index in [1.807, 2.05) is 23.5 Å². The van der Waals surface area contributed by atoms with Crippen LogP contribution in [0.5, 0.6) is 0 Å². The van der Waals surface area contributed by atoms with Gasteiger partial charge in [0.2, 0.25) is 0 Å². The van der Waals surface area contributed by atoms with Crippen molar-refractivity contribution < 1.29 is 0 Å². The van der Waals surface area contributed by atoms with E-state index in [1.165, 1.54) is 9.30 Å². The molecule has 0 aromatic heterocycles. The molecule has 0 amide bonds. The topological polar surface area (TPSA) is 0 Å². The first-order chi connectivity index (χ1) is 3.41. The van der Waals surface area contributed by atoms with Crippen LogP contribution in [-0.2, 0) is 0 Å². The van der Waals surface area contributed by atoms with Crippen LogP contribution in [0.4, 0.5) is 0 Å². The molecule has 0 radical (unpaired) electrons. The molecule has 0 saturated heterocycles. The molecule has 0 nitrogen and oxygen atoms in total. The summed E-state index contributed by atoms with van der Waals surface area (Å²) in [7, 11) is 0. The molecule has 0 aromatic rings. The first kappa shape index (κ1) is 8.22. The minimum absolute atomic E-state index is 0.902. The van der Waals surface area contributed by atoms with Gasteiger partial charge in [0.05, 0.1) is 0 Å². The third-order valence-corrected chi connectivity index (χ3v) is 6.27. The van der Waals surface area contributed by atoms with E-state index >= 15 is 0 Å². The molecule has 7 heavy (non-hydrogen) atoms. The van der Waals surface area contributed by atoms with Crippen molar-refractivity contribution in [2.75, 3.05) is 21.8 Å². The van der Waals surface area contributed by atoms with Crippen molar-refractivity contribution in [3.05, 3.63) is 0 Å². The quantitative estimate of drug-likeness (QED) is 0.497. The SMILES string of the molecule is CSC[Se]CSC. The van der Waals surface area contributed by atoms with Gasteiger partial charge in [0.25, 0.3) is 0 Å². The van der Waals surface area contributed by atoms with Crippen molar-refractivity contribution in [2.45, 2.75) is 0 Å². The van der Waals surface area contributed by atoms with Gasteiger partial charge in [-0.25, -0.2) is 0 Å². The molecule has 44 valence electrons. The number of hydrogen-bond donors (Lipinski definition) is 0. The number of rotatable bonds is 4. The van der Waals surface area contributed by atoms with Crippen LogP contribution in [0.25, 0.3) is 0 Å². The molecule has 3 heteroatoms. The maximum atomic E-state index is 2.17. The van der Waals surface area contributed by atoms with E-state index in [0.717, 1.165) is 15.0 Å². The van der Waals surface area contributed by atoms with E-state index in [-0.39, 0.29) is 0 Å². The molecule has 0 N–H and O–H groups in total. The Hall–Kier alpha value is 1.22. The van der Waals surface area contributed by atoms with E-state index in [4.69, 9.17) is 0 Å². The van der Waals surface area contributed by atoms with Crippen LogP contribution in [0, 0.1) is 0 Å². The van der Waals surface area contributed by atoms with E-state index in [0.29, 0.717) is 0 Å². The molecule has 0 heterocycles. The minimum atomic E-state index is 0.902. The summed E-state index contributed by atoms with van der Waals surface area (Å²) < 4.78 is 2.77. The molecular formula is C4H10S2Se. The Morgan fingerprint density at radius 3 is 1.86 bits per heavy atom. The summed E-state index contributed by atoms with van der Waals surface area (Å²) in [5.74, 6) is 0. The Balaban J connectivity index is 2.45. The second kappa shape index (κ2) is 7.22. The standard InChI is InChI=1S/C4H10S2Se/c1-5-3-7-4-6-2/h3-4H2,1-2H3. The summed E-state index contributed by atoms with van der Waals surface area (Å²) in [5, 5.41) is 0. The van der Waals surface area contributed by atoms with E-state index in [1.54, 1.807) is 0 Å². The second-order valence-corrected chi connectivity index (χ2v) is 6.47. The average molecular weight is 201 g/mol. The molecule has 0 aliphatic carbocycles. The van der Waals surface area contributed by atoms with Crippen molar-refractivity contribution >= 4 is 38.5 Å². The molecule has 0 fully saturated rings. The van der Waals surface area contributed by atoms with Gasteiger partial charge in [0.1, 0.15) is 0 Å². The van der Waals surface area contributed by atoms with Crippen molar-refractivity contribution in [1.82, 2.24) is 0 Å². The van der Waals surface area contributed by atoms with Crippen LogP contribution in [0.2, 0.25) is 0 Å². The fourth-order valence-corrected chi connectivity index (χ4v) is 4.19. The van der Waals surface area contributed by atoms with Crippen LogP contribution in [0.3, 0.4) is 0 Å². The molecule has 0 saturated carbocycles. The van der Waals surface area contributed by atoms with Gasteiger partial charge in [-0.3, -0.25) is 0 Å². The molecule has 0 bridgehead atoms. The normalized spacial score (nSPS) is 9.43. The van der Waals surface area contributed by atoms with Gasteiger partial charge in [0.15, 0.2) is 0 Å². The zero-order chi connectivity index (χ0) is 5.54. The third kappa shape index (κ3) is 7.22. The predicted molar refractivity (Wildman–Crippen MR) is 42.5 cm³/mol. The monoisotopic (exact) mass is 202 g/mol. The third-order valence-electron chi connectivity index (χ3n) is 0.402. The van der Waals surface area contributed by atoms with Crippen molar-refractivity contribution in [1.29, 1.82) is 0 Å². The zero-order valence-corrected chi connectivity index (χ0v) is 7.99. The molecule has 0 spiro atoms. The van der Waals surface area contributed by atoms with Gasteiger partial charge in [0, 0.05) is 0 Å². The van der Waals surface area contributed by atoms with Gasteiger partial charge in [-0.2, -0.15) is 0 Å². The van der Waals surface area contributed by atoms with E-state index in [9.17, 15) is 0 Å². The van der Waals surface area contributed by atoms with Crippen molar-refractivity contribution in [2.24, 2.45) is 0 Å². The number of thioether (sulfide) groups is 2. The number of hydrogen-bond acceptors (Lipinski definition) is 2.